The molecule has 10 heteroatoms. The van der Waals surface area contributed by atoms with E-state index in [4.69, 9.17) is 11.6 Å². The van der Waals surface area contributed by atoms with E-state index in [1.165, 1.54) is 0 Å². The quantitative estimate of drug-likeness (QED) is 0.582. The van der Waals surface area contributed by atoms with Crippen LogP contribution in [0.3, 0.4) is 0 Å². The zero-order chi connectivity index (χ0) is 23.9. The fraction of sp³-hybridized carbons (Fsp3) is 0.292. The van der Waals surface area contributed by atoms with Crippen molar-refractivity contribution in [2.24, 2.45) is 0 Å². The molecule has 1 aromatic heterocycles. The summed E-state index contributed by atoms with van der Waals surface area (Å²) < 4.78 is 25.1. The van der Waals surface area contributed by atoms with E-state index in [0.717, 1.165) is 22.6 Å². The lowest BCUT2D eigenvalue weighted by atomic mass is 10.1. The van der Waals surface area contributed by atoms with Crippen LogP contribution in [0.25, 0.3) is 11.3 Å². The first-order chi connectivity index (χ1) is 16.3. The number of halogens is 1. The van der Waals surface area contributed by atoms with E-state index < -0.39 is 9.84 Å². The SMILES string of the molecule is O=C(NC1CCS(=O)(=O)C1)c1ccc(CN2C(=O)CCn3nc(-c4ccc(Cl)cc4)cc32)cc1. The van der Waals surface area contributed by atoms with Gasteiger partial charge in [-0.1, -0.05) is 35.9 Å². The summed E-state index contributed by atoms with van der Waals surface area (Å²) in [7, 11) is -3.06. The van der Waals surface area contributed by atoms with Gasteiger partial charge >= 0.3 is 0 Å². The molecule has 0 radical (unpaired) electrons. The van der Waals surface area contributed by atoms with E-state index in [9.17, 15) is 18.0 Å². The number of anilines is 1. The van der Waals surface area contributed by atoms with Crippen molar-refractivity contribution in [1.82, 2.24) is 15.1 Å². The molecule has 1 fully saturated rings. The Hall–Kier alpha value is -3.17. The number of hydrogen-bond acceptors (Lipinski definition) is 5. The minimum Gasteiger partial charge on any atom is -0.348 e. The topological polar surface area (TPSA) is 101 Å². The normalized spacial score (nSPS) is 19.1. The van der Waals surface area contributed by atoms with Gasteiger partial charge in [-0.2, -0.15) is 5.10 Å². The molecule has 2 aliphatic heterocycles. The molecular formula is C24H23ClN4O4S. The van der Waals surface area contributed by atoms with Crippen molar-refractivity contribution in [2.45, 2.75) is 32.0 Å². The standard InChI is InChI=1S/C24H23ClN4O4S/c25-19-7-5-17(6-8-19)21-13-22-28(23(30)9-11-29(22)27-21)14-16-1-3-18(4-2-16)24(31)26-20-10-12-34(32,33)15-20/h1-8,13,20H,9-12,14-15H2,(H,26,31). The van der Waals surface area contributed by atoms with Gasteiger partial charge in [0.25, 0.3) is 5.91 Å². The second kappa shape index (κ2) is 8.88. The van der Waals surface area contributed by atoms with Crippen molar-refractivity contribution in [3.8, 4) is 11.3 Å². The maximum absolute atomic E-state index is 12.7. The molecule has 3 aromatic rings. The van der Waals surface area contributed by atoms with Crippen molar-refractivity contribution in [1.29, 1.82) is 0 Å². The van der Waals surface area contributed by atoms with Gasteiger partial charge < -0.3 is 5.32 Å². The fourth-order valence-electron chi connectivity index (χ4n) is 4.31. The molecule has 2 aromatic carbocycles. The van der Waals surface area contributed by atoms with Crippen LogP contribution in [-0.2, 0) is 27.7 Å². The first-order valence-electron chi connectivity index (χ1n) is 11.0. The van der Waals surface area contributed by atoms with E-state index in [2.05, 4.69) is 10.4 Å². The molecule has 1 atom stereocenters. The average molecular weight is 499 g/mol. The van der Waals surface area contributed by atoms with E-state index >= 15 is 0 Å². The van der Waals surface area contributed by atoms with Crippen LogP contribution in [0.4, 0.5) is 5.82 Å². The molecule has 0 aliphatic carbocycles. The minimum absolute atomic E-state index is 0.0133. The molecule has 0 saturated carbocycles. The van der Waals surface area contributed by atoms with Gasteiger partial charge in [0.2, 0.25) is 5.91 Å². The highest BCUT2D eigenvalue weighted by molar-refractivity contribution is 7.91. The molecular weight excluding hydrogens is 476 g/mol. The van der Waals surface area contributed by atoms with Gasteiger partial charge in [0.1, 0.15) is 5.82 Å². The van der Waals surface area contributed by atoms with Crippen molar-refractivity contribution in [3.63, 3.8) is 0 Å². The zero-order valence-corrected chi connectivity index (χ0v) is 19.8. The number of nitrogens with one attached hydrogen (secondary N) is 1. The van der Waals surface area contributed by atoms with Crippen LogP contribution in [0.5, 0.6) is 0 Å². The maximum Gasteiger partial charge on any atom is 0.251 e. The van der Waals surface area contributed by atoms with Crippen LogP contribution in [0.2, 0.25) is 5.02 Å². The Kier molecular flexibility index (Phi) is 5.91. The predicted octanol–water partition coefficient (Wildman–Crippen LogP) is 3.06. The third-order valence-electron chi connectivity index (χ3n) is 6.14. The first kappa shape index (κ1) is 22.6. The number of rotatable bonds is 5. The summed E-state index contributed by atoms with van der Waals surface area (Å²) in [6, 6.07) is 16.0. The second-order valence-electron chi connectivity index (χ2n) is 8.62. The predicted molar refractivity (Wildman–Crippen MR) is 129 cm³/mol. The minimum atomic E-state index is -3.06. The summed E-state index contributed by atoms with van der Waals surface area (Å²) in [5.41, 5.74) is 3.01. The van der Waals surface area contributed by atoms with Gasteiger partial charge in [-0.15, -0.1) is 0 Å². The van der Waals surface area contributed by atoms with Gasteiger partial charge in [0.15, 0.2) is 9.84 Å². The van der Waals surface area contributed by atoms with Gasteiger partial charge in [0.05, 0.1) is 30.3 Å². The summed E-state index contributed by atoms with van der Waals surface area (Å²) in [6.07, 6.45) is 0.800. The molecule has 0 bridgehead atoms. The second-order valence-corrected chi connectivity index (χ2v) is 11.3. The highest BCUT2D eigenvalue weighted by Gasteiger charge is 2.29. The van der Waals surface area contributed by atoms with Crippen molar-refractivity contribution >= 4 is 39.1 Å². The molecule has 2 aliphatic rings. The largest absolute Gasteiger partial charge is 0.348 e. The van der Waals surface area contributed by atoms with Gasteiger partial charge in [0, 0.05) is 34.7 Å². The van der Waals surface area contributed by atoms with Crippen LogP contribution in [0, 0.1) is 0 Å². The number of nitrogens with zero attached hydrogens (tertiary/aromatic N) is 3. The van der Waals surface area contributed by atoms with Crippen LogP contribution in [-0.4, -0.2) is 47.6 Å². The number of aryl methyl sites for hydroxylation is 1. The summed E-state index contributed by atoms with van der Waals surface area (Å²) in [5.74, 6) is 0.537. The molecule has 2 amide bonds. The van der Waals surface area contributed by atoms with Crippen molar-refractivity contribution in [3.05, 3.63) is 70.7 Å². The molecule has 0 spiro atoms. The number of benzene rings is 2. The average Bonchev–Trinajstić information content (AvgIpc) is 3.39. The molecule has 1 unspecified atom stereocenters. The van der Waals surface area contributed by atoms with Crippen molar-refractivity contribution in [2.75, 3.05) is 16.4 Å². The molecule has 8 nitrogen and oxygen atoms in total. The van der Waals surface area contributed by atoms with Gasteiger partial charge in [-0.3, -0.25) is 14.5 Å². The Balaban J connectivity index is 1.30. The lowest BCUT2D eigenvalue weighted by molar-refractivity contribution is -0.119. The van der Waals surface area contributed by atoms with E-state index in [0.29, 0.717) is 36.5 Å². The molecule has 176 valence electrons. The number of hydrogen-bond donors (Lipinski definition) is 1. The smallest absolute Gasteiger partial charge is 0.251 e. The third-order valence-corrected chi connectivity index (χ3v) is 8.16. The lowest BCUT2D eigenvalue weighted by Gasteiger charge is -2.27. The highest BCUT2D eigenvalue weighted by Crippen LogP contribution is 2.30. The maximum atomic E-state index is 12.7. The van der Waals surface area contributed by atoms with E-state index in [1.54, 1.807) is 17.0 Å². The zero-order valence-electron chi connectivity index (χ0n) is 18.3. The van der Waals surface area contributed by atoms with E-state index in [1.807, 2.05) is 47.1 Å². The molecule has 5 rings (SSSR count). The number of sulfone groups is 1. The molecule has 3 heterocycles. The van der Waals surface area contributed by atoms with Crippen LogP contribution in [0.15, 0.2) is 54.6 Å². The summed E-state index contributed by atoms with van der Waals surface area (Å²) in [5, 5.41) is 8.10. The Morgan fingerprint density at radius 2 is 1.85 bits per heavy atom. The van der Waals surface area contributed by atoms with Crippen molar-refractivity contribution < 1.29 is 18.0 Å². The molecule has 1 saturated heterocycles. The molecule has 34 heavy (non-hydrogen) atoms. The monoisotopic (exact) mass is 498 g/mol. The molecule has 1 N–H and O–H groups in total. The number of fused-ring (bicyclic) bond motifs is 1. The Bertz CT molecular complexity index is 1350. The lowest BCUT2D eigenvalue weighted by Crippen LogP contribution is -2.37. The van der Waals surface area contributed by atoms with Crippen LogP contribution in [0.1, 0.15) is 28.8 Å². The summed E-state index contributed by atoms with van der Waals surface area (Å²) >= 11 is 5.99. The van der Waals surface area contributed by atoms with Gasteiger partial charge in [-0.25, -0.2) is 13.1 Å². The Morgan fingerprint density at radius 3 is 2.53 bits per heavy atom. The summed E-state index contributed by atoms with van der Waals surface area (Å²) in [4.78, 5) is 26.9. The van der Waals surface area contributed by atoms with Crippen LogP contribution < -0.4 is 10.2 Å². The van der Waals surface area contributed by atoms with Gasteiger partial charge in [-0.05, 0) is 36.2 Å². The first-order valence-corrected chi connectivity index (χ1v) is 13.2. The Labute approximate surface area is 202 Å². The third kappa shape index (κ3) is 4.71. The number of amides is 2. The number of aromatic nitrogens is 2. The fourth-order valence-corrected chi connectivity index (χ4v) is 6.10. The van der Waals surface area contributed by atoms with E-state index in [-0.39, 0.29) is 29.4 Å². The number of carbonyl (C=O) groups excluding carboxylic acids is 2. The van der Waals surface area contributed by atoms with Crippen LogP contribution >= 0.6 is 11.6 Å². The number of carbonyl (C=O) groups is 2. The Morgan fingerprint density at radius 1 is 1.12 bits per heavy atom. The highest BCUT2D eigenvalue weighted by atomic mass is 35.5. The summed E-state index contributed by atoms with van der Waals surface area (Å²) in [6.45, 7) is 0.877.